The minimum absolute atomic E-state index is 0.0541. The predicted octanol–water partition coefficient (Wildman–Crippen LogP) is 1.49. The number of carboxylic acids is 1. The number of hydrogen-bond donors (Lipinski definition) is 1. The fraction of sp³-hybridized carbons (Fsp3) is 0.353. The van der Waals surface area contributed by atoms with Crippen molar-refractivity contribution in [3.8, 4) is 5.69 Å². The summed E-state index contributed by atoms with van der Waals surface area (Å²) in [4.78, 5) is 25.3. The smallest absolute Gasteiger partial charge is 0.334 e. The maximum absolute atomic E-state index is 12.6. The zero-order chi connectivity index (χ0) is 17.3. The van der Waals surface area contributed by atoms with Gasteiger partial charge in [0, 0.05) is 24.0 Å². The molecule has 1 aromatic heterocycles. The van der Waals surface area contributed by atoms with Gasteiger partial charge in [-0.05, 0) is 44.2 Å². The SMILES string of the molecule is Cc1ccnn1-c1ccc(C(=O)N2CC(C(=O)O)O[C@H](C)C2)cc1. The Balaban J connectivity index is 1.77. The average molecular weight is 329 g/mol. The molecule has 1 aliphatic heterocycles. The fourth-order valence-electron chi connectivity index (χ4n) is 2.82. The van der Waals surface area contributed by atoms with E-state index < -0.39 is 12.1 Å². The fourth-order valence-corrected chi connectivity index (χ4v) is 2.82. The number of hydrogen-bond acceptors (Lipinski definition) is 4. The Labute approximate surface area is 139 Å². The van der Waals surface area contributed by atoms with Crippen molar-refractivity contribution in [2.24, 2.45) is 0 Å². The van der Waals surface area contributed by atoms with Gasteiger partial charge in [0.05, 0.1) is 18.3 Å². The standard InChI is InChI=1S/C17H19N3O4/c1-11-7-8-18-20(11)14-5-3-13(4-6-14)16(21)19-9-12(2)24-15(10-19)17(22)23/h3-8,12,15H,9-10H2,1-2H3,(H,22,23)/t12-,15?/m1/s1. The van der Waals surface area contributed by atoms with Gasteiger partial charge in [0.25, 0.3) is 5.91 Å². The summed E-state index contributed by atoms with van der Waals surface area (Å²) in [5, 5.41) is 13.4. The molecule has 1 aromatic carbocycles. The summed E-state index contributed by atoms with van der Waals surface area (Å²) in [5.74, 6) is -1.25. The van der Waals surface area contributed by atoms with Gasteiger partial charge in [-0.15, -0.1) is 0 Å². The van der Waals surface area contributed by atoms with Crippen LogP contribution in [0.2, 0.25) is 0 Å². The number of benzene rings is 1. The van der Waals surface area contributed by atoms with E-state index in [0.29, 0.717) is 12.1 Å². The minimum atomic E-state index is -1.05. The molecule has 7 heteroatoms. The Hall–Kier alpha value is -2.67. The van der Waals surface area contributed by atoms with Gasteiger partial charge in [-0.25, -0.2) is 9.48 Å². The number of nitrogens with zero attached hydrogens (tertiary/aromatic N) is 3. The molecule has 7 nitrogen and oxygen atoms in total. The van der Waals surface area contributed by atoms with Crippen molar-refractivity contribution in [2.45, 2.75) is 26.1 Å². The van der Waals surface area contributed by atoms with E-state index in [-0.39, 0.29) is 18.6 Å². The summed E-state index contributed by atoms with van der Waals surface area (Å²) in [6.07, 6.45) is 0.425. The Morgan fingerprint density at radius 1 is 1.21 bits per heavy atom. The van der Waals surface area contributed by atoms with Crippen molar-refractivity contribution in [3.63, 3.8) is 0 Å². The van der Waals surface area contributed by atoms with Gasteiger partial charge in [-0.3, -0.25) is 4.79 Å². The van der Waals surface area contributed by atoms with Gasteiger partial charge in [-0.1, -0.05) is 0 Å². The van der Waals surface area contributed by atoms with Gasteiger partial charge in [-0.2, -0.15) is 5.10 Å². The maximum atomic E-state index is 12.6. The number of carbonyl (C=O) groups excluding carboxylic acids is 1. The first kappa shape index (κ1) is 16.2. The molecule has 2 atom stereocenters. The highest BCUT2D eigenvalue weighted by Gasteiger charge is 2.32. The molecule has 24 heavy (non-hydrogen) atoms. The Bertz CT molecular complexity index is 753. The quantitative estimate of drug-likeness (QED) is 0.922. The van der Waals surface area contributed by atoms with Gasteiger partial charge in [0.2, 0.25) is 0 Å². The summed E-state index contributed by atoms with van der Waals surface area (Å²) in [5.41, 5.74) is 2.38. The zero-order valence-corrected chi connectivity index (χ0v) is 13.5. The second-order valence-electron chi connectivity index (χ2n) is 5.91. The molecule has 0 aliphatic carbocycles. The van der Waals surface area contributed by atoms with E-state index in [4.69, 9.17) is 9.84 Å². The topological polar surface area (TPSA) is 84.7 Å². The van der Waals surface area contributed by atoms with Crippen LogP contribution in [-0.2, 0) is 9.53 Å². The van der Waals surface area contributed by atoms with Gasteiger partial charge in [0.1, 0.15) is 0 Å². The molecule has 1 amide bonds. The van der Waals surface area contributed by atoms with Crippen molar-refractivity contribution in [3.05, 3.63) is 47.8 Å². The first-order chi connectivity index (χ1) is 11.5. The van der Waals surface area contributed by atoms with Gasteiger partial charge < -0.3 is 14.7 Å². The van der Waals surface area contributed by atoms with Crippen LogP contribution in [0, 0.1) is 6.92 Å². The molecule has 0 spiro atoms. The molecule has 0 bridgehead atoms. The van der Waals surface area contributed by atoms with Crippen LogP contribution in [0.25, 0.3) is 5.69 Å². The largest absolute Gasteiger partial charge is 0.479 e. The van der Waals surface area contributed by atoms with E-state index in [9.17, 15) is 9.59 Å². The van der Waals surface area contributed by atoms with Crippen molar-refractivity contribution in [1.29, 1.82) is 0 Å². The van der Waals surface area contributed by atoms with Crippen molar-refractivity contribution < 1.29 is 19.4 Å². The molecule has 1 saturated heterocycles. The van der Waals surface area contributed by atoms with Gasteiger partial charge >= 0.3 is 5.97 Å². The number of aromatic nitrogens is 2. The molecule has 0 saturated carbocycles. The van der Waals surface area contributed by atoms with Crippen molar-refractivity contribution >= 4 is 11.9 Å². The first-order valence-corrected chi connectivity index (χ1v) is 7.74. The van der Waals surface area contributed by atoms with E-state index >= 15 is 0 Å². The molecule has 2 aromatic rings. The Morgan fingerprint density at radius 3 is 2.50 bits per heavy atom. The number of amides is 1. The van der Waals surface area contributed by atoms with E-state index in [1.165, 1.54) is 4.90 Å². The minimum Gasteiger partial charge on any atom is -0.479 e. The Morgan fingerprint density at radius 2 is 1.92 bits per heavy atom. The average Bonchev–Trinajstić information content (AvgIpc) is 2.99. The van der Waals surface area contributed by atoms with Crippen molar-refractivity contribution in [2.75, 3.05) is 13.1 Å². The number of carboxylic acid groups (broad SMARTS) is 1. The van der Waals surface area contributed by atoms with E-state index in [1.54, 1.807) is 29.9 Å². The predicted molar refractivity (Wildman–Crippen MR) is 86.2 cm³/mol. The molecule has 1 unspecified atom stereocenters. The van der Waals surface area contributed by atoms with E-state index in [1.807, 2.05) is 25.1 Å². The van der Waals surface area contributed by atoms with Crippen LogP contribution in [0.5, 0.6) is 0 Å². The van der Waals surface area contributed by atoms with Crippen LogP contribution < -0.4 is 0 Å². The summed E-state index contributed by atoms with van der Waals surface area (Å²) < 4.78 is 7.12. The molecule has 2 heterocycles. The summed E-state index contributed by atoms with van der Waals surface area (Å²) in [6, 6.07) is 9.02. The highest BCUT2D eigenvalue weighted by Crippen LogP contribution is 2.17. The molecule has 1 aliphatic rings. The molecule has 1 N–H and O–H groups in total. The third-order valence-corrected chi connectivity index (χ3v) is 4.01. The lowest BCUT2D eigenvalue weighted by Crippen LogP contribution is -2.51. The highest BCUT2D eigenvalue weighted by molar-refractivity contribution is 5.94. The third-order valence-electron chi connectivity index (χ3n) is 4.01. The lowest BCUT2D eigenvalue weighted by atomic mass is 10.1. The zero-order valence-electron chi connectivity index (χ0n) is 13.5. The van der Waals surface area contributed by atoms with Crippen LogP contribution in [-0.4, -0.2) is 57.0 Å². The number of ether oxygens (including phenoxy) is 1. The third kappa shape index (κ3) is 3.16. The number of morpholine rings is 1. The molecule has 3 rings (SSSR count). The monoisotopic (exact) mass is 329 g/mol. The normalized spacial score (nSPS) is 20.8. The number of carbonyl (C=O) groups is 2. The summed E-state index contributed by atoms with van der Waals surface area (Å²) in [7, 11) is 0. The van der Waals surface area contributed by atoms with Crippen LogP contribution >= 0.6 is 0 Å². The molecule has 1 fully saturated rings. The molecule has 0 radical (unpaired) electrons. The van der Waals surface area contributed by atoms with Crippen LogP contribution in [0.15, 0.2) is 36.5 Å². The van der Waals surface area contributed by atoms with E-state index in [0.717, 1.165) is 11.4 Å². The second kappa shape index (κ2) is 6.45. The molecular weight excluding hydrogens is 310 g/mol. The van der Waals surface area contributed by atoms with Crippen molar-refractivity contribution in [1.82, 2.24) is 14.7 Å². The lowest BCUT2D eigenvalue weighted by molar-refractivity contribution is -0.160. The summed E-state index contributed by atoms with van der Waals surface area (Å²) in [6.45, 7) is 4.15. The van der Waals surface area contributed by atoms with Gasteiger partial charge in [0.15, 0.2) is 6.10 Å². The van der Waals surface area contributed by atoms with E-state index in [2.05, 4.69) is 5.10 Å². The van der Waals surface area contributed by atoms with Crippen LogP contribution in [0.3, 0.4) is 0 Å². The first-order valence-electron chi connectivity index (χ1n) is 7.74. The van der Waals surface area contributed by atoms with Crippen LogP contribution in [0.1, 0.15) is 23.0 Å². The summed E-state index contributed by atoms with van der Waals surface area (Å²) >= 11 is 0. The number of aryl methyl sites for hydroxylation is 1. The Kier molecular flexibility index (Phi) is 4.35. The molecule has 126 valence electrons. The van der Waals surface area contributed by atoms with Crippen LogP contribution in [0.4, 0.5) is 0 Å². The highest BCUT2D eigenvalue weighted by atomic mass is 16.5. The number of rotatable bonds is 3. The molecular formula is C17H19N3O4. The number of aliphatic carboxylic acids is 1. The maximum Gasteiger partial charge on any atom is 0.334 e. The lowest BCUT2D eigenvalue weighted by Gasteiger charge is -2.35. The second-order valence-corrected chi connectivity index (χ2v) is 5.91.